The Hall–Kier alpha value is -2.22. The molecule has 0 bridgehead atoms. The number of esters is 2. The summed E-state index contributed by atoms with van der Waals surface area (Å²) in [6.07, 6.45) is 2.39. The van der Waals surface area contributed by atoms with E-state index in [1.165, 1.54) is 25.3 Å². The normalized spacial score (nSPS) is 11.1. The second-order valence-corrected chi connectivity index (χ2v) is 10.8. The van der Waals surface area contributed by atoms with E-state index in [4.69, 9.17) is 26.1 Å². The zero-order chi connectivity index (χ0) is 24.3. The van der Waals surface area contributed by atoms with Crippen molar-refractivity contribution in [2.24, 2.45) is 0 Å². The van der Waals surface area contributed by atoms with Crippen LogP contribution in [0.4, 0.5) is 0 Å². The van der Waals surface area contributed by atoms with E-state index in [1.54, 1.807) is 23.5 Å². The number of methoxy groups -OCH3 is 2. The highest BCUT2D eigenvalue weighted by atomic mass is 35.5. The van der Waals surface area contributed by atoms with Gasteiger partial charge in [0.1, 0.15) is 0 Å². The summed E-state index contributed by atoms with van der Waals surface area (Å²) in [6.45, 7) is 0. The Morgan fingerprint density at radius 2 is 1.59 bits per heavy atom. The first kappa shape index (κ1) is 26.4. The van der Waals surface area contributed by atoms with E-state index < -0.39 is 0 Å². The van der Waals surface area contributed by atoms with E-state index in [2.05, 4.69) is 36.4 Å². The number of ether oxygens (including phenoxy) is 2. The first-order chi connectivity index (χ1) is 16.5. The summed E-state index contributed by atoms with van der Waals surface area (Å²) in [7, 11) is 2.80. The molecule has 180 valence electrons. The van der Waals surface area contributed by atoms with E-state index in [0.717, 1.165) is 29.4 Å². The van der Waals surface area contributed by atoms with Crippen LogP contribution in [0.3, 0.4) is 0 Å². The third-order valence-corrected chi connectivity index (χ3v) is 8.29. The first-order valence-corrected chi connectivity index (χ1v) is 13.5. The van der Waals surface area contributed by atoms with Crippen LogP contribution in [0.15, 0.2) is 54.6 Å². The molecule has 0 radical (unpaired) electrons. The van der Waals surface area contributed by atoms with E-state index in [9.17, 15) is 9.59 Å². The van der Waals surface area contributed by atoms with Gasteiger partial charge in [-0.25, -0.2) is 0 Å². The van der Waals surface area contributed by atoms with Crippen molar-refractivity contribution in [3.8, 4) is 0 Å². The fraction of sp³-hybridized carbons (Fsp3) is 0.346. The minimum absolute atomic E-state index is 0.107. The lowest BCUT2D eigenvalue weighted by atomic mass is 10.0. The molecule has 0 unspecified atom stereocenters. The van der Waals surface area contributed by atoms with Crippen LogP contribution in [-0.2, 0) is 31.9 Å². The molecule has 0 N–H and O–H groups in total. The number of nitrogens with zero attached hydrogens (tertiary/aromatic N) is 1. The van der Waals surface area contributed by atoms with Crippen molar-refractivity contribution in [3.05, 3.63) is 76.4 Å². The minimum atomic E-state index is -0.219. The van der Waals surface area contributed by atoms with E-state index >= 15 is 0 Å². The van der Waals surface area contributed by atoms with Crippen molar-refractivity contribution >= 4 is 58.0 Å². The number of aromatic nitrogens is 1. The van der Waals surface area contributed by atoms with Gasteiger partial charge < -0.3 is 9.47 Å². The highest BCUT2D eigenvalue weighted by Crippen LogP contribution is 2.40. The molecule has 3 rings (SSSR count). The summed E-state index contributed by atoms with van der Waals surface area (Å²) in [4.78, 5) is 27.8. The Kier molecular flexibility index (Phi) is 10.6. The summed E-state index contributed by atoms with van der Waals surface area (Å²) >= 11 is 9.50. The number of fused-ring (bicyclic) bond motifs is 1. The number of carbonyl (C=O) groups excluding carboxylic acids is 2. The zero-order valence-corrected chi connectivity index (χ0v) is 21.7. The third-order valence-electron chi connectivity index (χ3n) is 5.21. The van der Waals surface area contributed by atoms with Crippen LogP contribution in [0.1, 0.15) is 34.2 Å². The van der Waals surface area contributed by atoms with Crippen LogP contribution in [0, 0.1) is 0 Å². The summed E-state index contributed by atoms with van der Waals surface area (Å²) < 4.78 is 9.62. The van der Waals surface area contributed by atoms with Gasteiger partial charge in [-0.3, -0.25) is 14.6 Å². The SMILES string of the molecule is COC(=O)CCSC(SCCC(=O)OC)c1cccc(CCc2ccc3ccc(Cl)cc3n2)c1. The molecule has 0 amide bonds. The number of benzene rings is 2. The van der Waals surface area contributed by atoms with Gasteiger partial charge in [-0.1, -0.05) is 48.0 Å². The molecule has 0 saturated carbocycles. The number of rotatable bonds is 12. The first-order valence-electron chi connectivity index (χ1n) is 11.0. The number of pyridine rings is 1. The van der Waals surface area contributed by atoms with Gasteiger partial charge >= 0.3 is 11.9 Å². The number of halogens is 1. The van der Waals surface area contributed by atoms with Crippen molar-refractivity contribution in [1.29, 1.82) is 0 Å². The molecule has 8 heteroatoms. The molecule has 0 saturated heterocycles. The van der Waals surface area contributed by atoms with E-state index in [0.29, 0.717) is 29.4 Å². The van der Waals surface area contributed by atoms with Crippen LogP contribution >= 0.6 is 35.1 Å². The Morgan fingerprint density at radius 1 is 0.912 bits per heavy atom. The highest BCUT2D eigenvalue weighted by molar-refractivity contribution is 8.16. The summed E-state index contributed by atoms with van der Waals surface area (Å²) in [5.74, 6) is 0.861. The predicted octanol–water partition coefficient (Wildman–Crippen LogP) is 6.26. The van der Waals surface area contributed by atoms with Gasteiger partial charge in [-0.15, -0.1) is 23.5 Å². The molecule has 0 aliphatic carbocycles. The quantitative estimate of drug-likeness (QED) is 0.207. The Labute approximate surface area is 214 Å². The summed E-state index contributed by atoms with van der Waals surface area (Å²) in [5, 5.41) is 1.76. The van der Waals surface area contributed by atoms with Gasteiger partial charge in [-0.2, -0.15) is 0 Å². The predicted molar refractivity (Wildman–Crippen MR) is 142 cm³/mol. The molecule has 0 fully saturated rings. The Bertz CT molecular complexity index is 1100. The zero-order valence-electron chi connectivity index (χ0n) is 19.3. The topological polar surface area (TPSA) is 65.5 Å². The number of hydrogen-bond donors (Lipinski definition) is 0. The second kappa shape index (κ2) is 13.6. The fourth-order valence-electron chi connectivity index (χ4n) is 3.38. The minimum Gasteiger partial charge on any atom is -0.469 e. The Balaban J connectivity index is 1.66. The van der Waals surface area contributed by atoms with Crippen LogP contribution < -0.4 is 0 Å². The van der Waals surface area contributed by atoms with Crippen LogP contribution in [0.25, 0.3) is 10.9 Å². The molecule has 0 aliphatic heterocycles. The van der Waals surface area contributed by atoms with Crippen molar-refractivity contribution in [1.82, 2.24) is 4.98 Å². The van der Waals surface area contributed by atoms with E-state index in [1.807, 2.05) is 18.2 Å². The molecule has 1 heterocycles. The van der Waals surface area contributed by atoms with Gasteiger partial charge in [0.2, 0.25) is 0 Å². The van der Waals surface area contributed by atoms with Crippen LogP contribution in [-0.4, -0.2) is 42.6 Å². The maximum absolute atomic E-state index is 11.5. The fourth-order valence-corrected chi connectivity index (χ4v) is 6.19. The molecule has 0 atom stereocenters. The largest absolute Gasteiger partial charge is 0.469 e. The lowest BCUT2D eigenvalue weighted by molar-refractivity contribution is -0.140. The number of thioether (sulfide) groups is 2. The number of hydrogen-bond acceptors (Lipinski definition) is 7. The van der Waals surface area contributed by atoms with Gasteiger partial charge in [0.05, 0.1) is 37.2 Å². The van der Waals surface area contributed by atoms with Gasteiger partial charge in [0.25, 0.3) is 0 Å². The summed E-state index contributed by atoms with van der Waals surface area (Å²) in [6, 6.07) is 18.4. The monoisotopic (exact) mass is 517 g/mol. The average molecular weight is 518 g/mol. The molecule has 3 aromatic rings. The van der Waals surface area contributed by atoms with Crippen LogP contribution in [0.5, 0.6) is 0 Å². The molecule has 34 heavy (non-hydrogen) atoms. The smallest absolute Gasteiger partial charge is 0.306 e. The van der Waals surface area contributed by atoms with Crippen molar-refractivity contribution in [2.75, 3.05) is 25.7 Å². The number of carbonyl (C=O) groups is 2. The lowest BCUT2D eigenvalue weighted by Crippen LogP contribution is -2.04. The van der Waals surface area contributed by atoms with Crippen LogP contribution in [0.2, 0.25) is 5.02 Å². The van der Waals surface area contributed by atoms with Gasteiger partial charge in [0.15, 0.2) is 0 Å². The molecule has 0 aliphatic rings. The molecule has 0 spiro atoms. The maximum atomic E-state index is 11.5. The number of aryl methyl sites for hydroxylation is 2. The van der Waals surface area contributed by atoms with E-state index in [-0.39, 0.29) is 16.5 Å². The van der Waals surface area contributed by atoms with Crippen molar-refractivity contribution in [2.45, 2.75) is 30.3 Å². The second-order valence-electron chi connectivity index (χ2n) is 7.61. The van der Waals surface area contributed by atoms with Gasteiger partial charge in [0, 0.05) is 27.6 Å². The molecule has 2 aromatic carbocycles. The third kappa shape index (κ3) is 8.22. The molecular weight excluding hydrogens is 490 g/mol. The maximum Gasteiger partial charge on any atom is 0.306 e. The summed E-state index contributed by atoms with van der Waals surface area (Å²) in [5.41, 5.74) is 4.32. The molecule has 5 nitrogen and oxygen atoms in total. The van der Waals surface area contributed by atoms with Gasteiger partial charge in [-0.05, 0) is 42.2 Å². The lowest BCUT2D eigenvalue weighted by Gasteiger charge is -2.17. The van der Waals surface area contributed by atoms with Crippen molar-refractivity contribution < 1.29 is 19.1 Å². The standard InChI is InChI=1S/C26H28ClNO4S2/c1-31-24(29)12-14-33-26(34-15-13-25(30)32-2)20-5-3-4-18(16-20)6-10-22-11-8-19-7-9-21(27)17-23(19)28-22/h3-5,7-9,11,16-17,26H,6,10,12-15H2,1-2H3. The average Bonchev–Trinajstić information content (AvgIpc) is 2.86. The Morgan fingerprint density at radius 3 is 2.26 bits per heavy atom. The molecular formula is C26H28ClNO4S2. The van der Waals surface area contributed by atoms with Crippen molar-refractivity contribution in [3.63, 3.8) is 0 Å². The molecule has 1 aromatic heterocycles. The highest BCUT2D eigenvalue weighted by Gasteiger charge is 2.15.